The highest BCUT2D eigenvalue weighted by molar-refractivity contribution is 8.26. The van der Waals surface area contributed by atoms with E-state index >= 15 is 0 Å². The van der Waals surface area contributed by atoms with E-state index in [1.54, 1.807) is 36.4 Å². The Labute approximate surface area is 264 Å². The zero-order valence-corrected chi connectivity index (χ0v) is 25.8. The van der Waals surface area contributed by atoms with Crippen LogP contribution >= 0.6 is 35.6 Å². The van der Waals surface area contributed by atoms with Gasteiger partial charge in [0.25, 0.3) is 5.91 Å². The topological polar surface area (TPSA) is 76.1 Å². The van der Waals surface area contributed by atoms with Gasteiger partial charge in [0.15, 0.2) is 6.04 Å². The predicted molar refractivity (Wildman–Crippen MR) is 174 cm³/mol. The quantitative estimate of drug-likeness (QED) is 0.140. The van der Waals surface area contributed by atoms with Crippen molar-refractivity contribution in [2.45, 2.75) is 33.1 Å². The summed E-state index contributed by atoms with van der Waals surface area (Å²) in [5.74, 6) is -0.573. The summed E-state index contributed by atoms with van der Waals surface area (Å²) in [5.41, 5.74) is 5.37. The van der Waals surface area contributed by atoms with E-state index < -0.39 is 17.9 Å². The van der Waals surface area contributed by atoms with Gasteiger partial charge in [0.2, 0.25) is 0 Å². The van der Waals surface area contributed by atoms with Gasteiger partial charge >= 0.3 is 5.97 Å². The van der Waals surface area contributed by atoms with Gasteiger partial charge in [0.1, 0.15) is 29.0 Å². The van der Waals surface area contributed by atoms with Crippen LogP contribution in [-0.2, 0) is 22.8 Å². The van der Waals surface area contributed by atoms with Crippen LogP contribution in [-0.4, -0.2) is 26.2 Å². The lowest BCUT2D eigenvalue weighted by Gasteiger charge is -2.23. The van der Waals surface area contributed by atoms with E-state index in [4.69, 9.17) is 33.3 Å². The summed E-state index contributed by atoms with van der Waals surface area (Å²) in [6.07, 6.45) is 1.67. The van der Waals surface area contributed by atoms with Crippen molar-refractivity contribution in [3.05, 3.63) is 134 Å². The Bertz CT molecular complexity index is 1690. The van der Waals surface area contributed by atoms with Crippen LogP contribution in [0.15, 0.2) is 95.9 Å². The molecule has 0 spiro atoms. The third-order valence-electron chi connectivity index (χ3n) is 6.81. The number of carbonyl (C=O) groups is 2. The van der Waals surface area contributed by atoms with E-state index in [2.05, 4.69) is 0 Å². The molecule has 1 heterocycles. The molecule has 0 saturated carbocycles. The van der Waals surface area contributed by atoms with E-state index in [0.717, 1.165) is 33.4 Å². The highest BCUT2D eigenvalue weighted by Crippen LogP contribution is 2.40. The van der Waals surface area contributed by atoms with Crippen LogP contribution in [0.5, 0.6) is 11.5 Å². The summed E-state index contributed by atoms with van der Waals surface area (Å²) >= 11 is 12.5. The number of ether oxygens (including phenoxy) is 2. The summed E-state index contributed by atoms with van der Waals surface area (Å²) in [4.78, 5) is 27.3. The molecule has 1 atom stereocenters. The Morgan fingerprint density at radius 3 is 2.07 bits per heavy atom. The average Bonchev–Trinajstić information content (AvgIpc) is 3.26. The van der Waals surface area contributed by atoms with E-state index in [1.165, 1.54) is 5.56 Å². The van der Waals surface area contributed by atoms with Crippen molar-refractivity contribution in [3.63, 3.8) is 0 Å². The molecule has 4 aromatic rings. The second kappa shape index (κ2) is 13.5. The summed E-state index contributed by atoms with van der Waals surface area (Å²) in [7, 11) is 0. The first-order valence-corrected chi connectivity index (χ1v) is 15.0. The number of carboxylic acids is 1. The molecule has 0 aliphatic carbocycles. The Morgan fingerprint density at radius 1 is 0.907 bits per heavy atom. The first kappa shape index (κ1) is 30.4. The van der Waals surface area contributed by atoms with Gasteiger partial charge in [0.05, 0.1) is 4.91 Å². The molecule has 1 saturated heterocycles. The minimum atomic E-state index is -1.29. The molecule has 0 radical (unpaired) electrons. The molecule has 1 fully saturated rings. The number of amides is 1. The van der Waals surface area contributed by atoms with Crippen LogP contribution < -0.4 is 9.47 Å². The van der Waals surface area contributed by atoms with Gasteiger partial charge in [-0.1, -0.05) is 107 Å². The molecule has 1 unspecified atom stereocenters. The molecule has 1 amide bonds. The largest absolute Gasteiger partial charge is 0.489 e. The molecular weight excluding hydrogens is 602 g/mol. The summed E-state index contributed by atoms with van der Waals surface area (Å²) in [6, 6.07) is 26.6. The van der Waals surface area contributed by atoms with Crippen molar-refractivity contribution in [3.8, 4) is 11.5 Å². The monoisotopic (exact) mass is 629 g/mol. The van der Waals surface area contributed by atoms with E-state index in [9.17, 15) is 14.7 Å². The number of aliphatic carboxylic acids is 1. The molecule has 6 nitrogen and oxygen atoms in total. The van der Waals surface area contributed by atoms with Crippen LogP contribution in [0.25, 0.3) is 6.08 Å². The fourth-order valence-electron chi connectivity index (χ4n) is 4.44. The Balaban J connectivity index is 1.43. The number of halogens is 1. The number of nitrogens with zero attached hydrogens (tertiary/aromatic N) is 1. The second-order valence-electron chi connectivity index (χ2n) is 10.1. The number of hydrogen-bond donors (Lipinski definition) is 1. The first-order valence-electron chi connectivity index (χ1n) is 13.4. The van der Waals surface area contributed by atoms with E-state index in [0.29, 0.717) is 45.8 Å². The molecule has 4 aromatic carbocycles. The smallest absolute Gasteiger partial charge is 0.331 e. The molecule has 5 rings (SSSR count). The maximum absolute atomic E-state index is 13.6. The van der Waals surface area contributed by atoms with E-state index in [1.807, 2.05) is 74.5 Å². The van der Waals surface area contributed by atoms with Gasteiger partial charge in [-0.3, -0.25) is 9.69 Å². The number of carboxylic acid groups (broad SMARTS) is 1. The Kier molecular flexibility index (Phi) is 9.50. The molecule has 43 heavy (non-hydrogen) atoms. The summed E-state index contributed by atoms with van der Waals surface area (Å²) in [5, 5.41) is 10.5. The number of aryl methyl sites for hydroxylation is 2. The van der Waals surface area contributed by atoms with Crippen molar-refractivity contribution < 1.29 is 24.2 Å². The van der Waals surface area contributed by atoms with Crippen LogP contribution in [0.3, 0.4) is 0 Å². The number of thiocarbonyl (C=S) groups is 1. The van der Waals surface area contributed by atoms with Crippen molar-refractivity contribution in [2.75, 3.05) is 0 Å². The minimum Gasteiger partial charge on any atom is -0.489 e. The van der Waals surface area contributed by atoms with Crippen LogP contribution in [0.2, 0.25) is 5.02 Å². The maximum atomic E-state index is 13.6. The van der Waals surface area contributed by atoms with Gasteiger partial charge in [-0.25, -0.2) is 4.79 Å². The number of rotatable bonds is 10. The lowest BCUT2D eigenvalue weighted by molar-refractivity contribution is -0.145. The van der Waals surface area contributed by atoms with Gasteiger partial charge < -0.3 is 14.6 Å². The molecule has 1 N–H and O–H groups in total. The van der Waals surface area contributed by atoms with Gasteiger partial charge in [-0.2, -0.15) is 0 Å². The van der Waals surface area contributed by atoms with Crippen molar-refractivity contribution >= 4 is 57.9 Å². The highest BCUT2D eigenvalue weighted by atomic mass is 35.5. The third-order valence-corrected chi connectivity index (χ3v) is 8.40. The molecular formula is C34H28ClNO5S2. The summed E-state index contributed by atoms with van der Waals surface area (Å²) < 4.78 is 12.4. The average molecular weight is 630 g/mol. The standard InChI is InChI=1S/C34H28ClNO5S2/c1-21-3-7-23(8-4-21)19-40-28-16-13-26(29(18-28)41-20-24-9-5-22(2)6-10-24)17-30-32(37)36(34(42)43-30)31(33(38)39)25-11-14-27(35)15-12-25/h3-18,31H,19-20H2,1-2H3,(H,38,39)/b30-17+. The zero-order valence-electron chi connectivity index (χ0n) is 23.5. The lowest BCUT2D eigenvalue weighted by atomic mass is 10.1. The molecule has 9 heteroatoms. The predicted octanol–water partition coefficient (Wildman–Crippen LogP) is 8.14. The van der Waals surface area contributed by atoms with Crippen LogP contribution in [0, 0.1) is 13.8 Å². The Morgan fingerprint density at radius 2 is 1.49 bits per heavy atom. The third kappa shape index (κ3) is 7.46. The number of thioether (sulfide) groups is 1. The fraction of sp³-hybridized carbons (Fsp3) is 0.147. The normalized spacial score (nSPS) is 14.7. The van der Waals surface area contributed by atoms with E-state index in [-0.39, 0.29) is 4.32 Å². The van der Waals surface area contributed by atoms with Gasteiger partial charge in [-0.15, -0.1) is 0 Å². The molecule has 0 bridgehead atoms. The number of benzene rings is 4. The molecule has 1 aliphatic heterocycles. The van der Waals surface area contributed by atoms with Crippen LogP contribution in [0.4, 0.5) is 0 Å². The number of hydrogen-bond acceptors (Lipinski definition) is 6. The fourth-order valence-corrected chi connectivity index (χ4v) is 5.87. The summed E-state index contributed by atoms with van der Waals surface area (Å²) in [6.45, 7) is 4.75. The first-order chi connectivity index (χ1) is 20.7. The maximum Gasteiger partial charge on any atom is 0.331 e. The highest BCUT2D eigenvalue weighted by Gasteiger charge is 2.41. The van der Waals surface area contributed by atoms with Crippen LogP contribution in [0.1, 0.15) is 39.4 Å². The van der Waals surface area contributed by atoms with Gasteiger partial charge in [0, 0.05) is 16.7 Å². The SMILES string of the molecule is Cc1ccc(COc2ccc(/C=C3/SC(=S)N(C(C(=O)O)c4ccc(Cl)cc4)C3=O)c(OCc3ccc(C)cc3)c2)cc1. The zero-order chi connectivity index (χ0) is 30.5. The minimum absolute atomic E-state index is 0.152. The van der Waals surface area contributed by atoms with Crippen molar-refractivity contribution in [1.29, 1.82) is 0 Å². The number of carbonyl (C=O) groups excluding carboxylic acids is 1. The van der Waals surface area contributed by atoms with Gasteiger partial charge in [-0.05, 0) is 60.9 Å². The Hall–Kier alpha value is -4.11. The lowest BCUT2D eigenvalue weighted by Crippen LogP contribution is -2.37. The molecule has 0 aromatic heterocycles. The molecule has 1 aliphatic rings. The second-order valence-corrected chi connectivity index (χ2v) is 12.2. The molecule has 218 valence electrons. The van der Waals surface area contributed by atoms with Crippen molar-refractivity contribution in [2.24, 2.45) is 0 Å². The van der Waals surface area contributed by atoms with Crippen molar-refractivity contribution in [1.82, 2.24) is 4.90 Å².